The van der Waals surface area contributed by atoms with Gasteiger partial charge < -0.3 is 15.2 Å². The maximum absolute atomic E-state index is 13.0. The van der Waals surface area contributed by atoms with E-state index in [9.17, 15) is 4.39 Å². The van der Waals surface area contributed by atoms with E-state index in [1.54, 1.807) is 19.1 Å². The summed E-state index contributed by atoms with van der Waals surface area (Å²) in [6, 6.07) is 11.7. The van der Waals surface area contributed by atoms with E-state index in [-0.39, 0.29) is 5.82 Å². The highest BCUT2D eigenvalue weighted by Gasteiger charge is 2.02. The van der Waals surface area contributed by atoms with Gasteiger partial charge in [0.2, 0.25) is 0 Å². The van der Waals surface area contributed by atoms with Crippen LogP contribution in [0, 0.1) is 12.7 Å². The van der Waals surface area contributed by atoms with Gasteiger partial charge in [0.1, 0.15) is 35.5 Å². The van der Waals surface area contributed by atoms with Gasteiger partial charge >= 0.3 is 0 Å². The predicted octanol–water partition coefficient (Wildman–Crippen LogP) is 3.23. The van der Waals surface area contributed by atoms with Crippen LogP contribution in [0.4, 0.5) is 4.39 Å². The molecular formula is C16H16FNO2S. The number of rotatable bonds is 6. The number of aryl methyl sites for hydroxylation is 1. The van der Waals surface area contributed by atoms with Crippen LogP contribution in [-0.4, -0.2) is 18.2 Å². The summed E-state index contributed by atoms with van der Waals surface area (Å²) in [6.45, 7) is 2.53. The Hall–Kier alpha value is -2.14. The molecule has 0 atom stereocenters. The summed E-state index contributed by atoms with van der Waals surface area (Å²) in [5, 5.41) is 0. The summed E-state index contributed by atoms with van der Waals surface area (Å²) >= 11 is 4.91. The molecule has 0 aromatic heterocycles. The van der Waals surface area contributed by atoms with Crippen LogP contribution < -0.4 is 15.2 Å². The summed E-state index contributed by atoms with van der Waals surface area (Å²) in [7, 11) is 0. The van der Waals surface area contributed by atoms with Crippen molar-refractivity contribution < 1.29 is 13.9 Å². The molecule has 2 rings (SSSR count). The zero-order chi connectivity index (χ0) is 15.2. The molecule has 0 radical (unpaired) electrons. The van der Waals surface area contributed by atoms with Gasteiger partial charge in [-0.3, -0.25) is 0 Å². The number of hydrogen-bond acceptors (Lipinski definition) is 3. The highest BCUT2D eigenvalue weighted by atomic mass is 32.1. The standard InChI is InChI=1S/C16H16FNO2S/c1-11-9-13(17)5-6-15(11)20-8-7-19-14-4-2-3-12(10-14)16(18)21/h2-6,9-10H,7-8H2,1H3,(H2,18,21). The number of halogens is 1. The van der Waals surface area contributed by atoms with Gasteiger partial charge in [-0.25, -0.2) is 4.39 Å². The summed E-state index contributed by atoms with van der Waals surface area (Å²) in [5.41, 5.74) is 7.08. The second-order valence-corrected chi connectivity index (χ2v) is 4.94. The third-order valence-electron chi connectivity index (χ3n) is 2.87. The predicted molar refractivity (Wildman–Crippen MR) is 84.5 cm³/mol. The van der Waals surface area contributed by atoms with E-state index in [1.807, 2.05) is 18.2 Å². The molecule has 0 aliphatic rings. The molecule has 0 aliphatic carbocycles. The van der Waals surface area contributed by atoms with Crippen molar-refractivity contribution in [2.75, 3.05) is 13.2 Å². The SMILES string of the molecule is Cc1cc(F)ccc1OCCOc1cccc(C(N)=S)c1. The number of hydrogen-bond donors (Lipinski definition) is 1. The maximum atomic E-state index is 13.0. The van der Waals surface area contributed by atoms with E-state index in [0.29, 0.717) is 29.7 Å². The Labute approximate surface area is 128 Å². The highest BCUT2D eigenvalue weighted by Crippen LogP contribution is 2.18. The van der Waals surface area contributed by atoms with Crippen molar-refractivity contribution in [2.24, 2.45) is 5.73 Å². The lowest BCUT2D eigenvalue weighted by Gasteiger charge is -2.11. The van der Waals surface area contributed by atoms with Crippen molar-refractivity contribution in [1.82, 2.24) is 0 Å². The fraction of sp³-hybridized carbons (Fsp3) is 0.188. The van der Waals surface area contributed by atoms with Crippen LogP contribution in [0.15, 0.2) is 42.5 Å². The molecule has 0 saturated carbocycles. The van der Waals surface area contributed by atoms with E-state index in [0.717, 1.165) is 11.1 Å². The number of ether oxygens (including phenoxy) is 2. The van der Waals surface area contributed by atoms with Crippen LogP contribution in [0.5, 0.6) is 11.5 Å². The van der Waals surface area contributed by atoms with Gasteiger partial charge in [-0.05, 0) is 42.8 Å². The minimum absolute atomic E-state index is 0.273. The van der Waals surface area contributed by atoms with Crippen LogP contribution in [0.3, 0.4) is 0 Å². The van der Waals surface area contributed by atoms with Crippen molar-refractivity contribution >= 4 is 17.2 Å². The fourth-order valence-electron chi connectivity index (χ4n) is 1.83. The molecule has 5 heteroatoms. The summed E-state index contributed by atoms with van der Waals surface area (Å²) in [4.78, 5) is 0.332. The lowest BCUT2D eigenvalue weighted by molar-refractivity contribution is 0.216. The Kier molecular flexibility index (Phi) is 5.11. The fourth-order valence-corrected chi connectivity index (χ4v) is 1.95. The monoisotopic (exact) mass is 305 g/mol. The molecule has 3 nitrogen and oxygen atoms in total. The normalized spacial score (nSPS) is 10.2. The molecule has 2 aromatic rings. The number of nitrogens with two attached hydrogens (primary N) is 1. The average Bonchev–Trinajstić information content (AvgIpc) is 2.45. The quantitative estimate of drug-likeness (QED) is 0.657. The topological polar surface area (TPSA) is 44.5 Å². The largest absolute Gasteiger partial charge is 0.490 e. The van der Waals surface area contributed by atoms with Crippen molar-refractivity contribution in [3.05, 3.63) is 59.4 Å². The lowest BCUT2D eigenvalue weighted by atomic mass is 10.2. The van der Waals surface area contributed by atoms with Crippen molar-refractivity contribution in [3.63, 3.8) is 0 Å². The van der Waals surface area contributed by atoms with Gasteiger partial charge in [-0.15, -0.1) is 0 Å². The molecule has 2 N–H and O–H groups in total. The van der Waals surface area contributed by atoms with Gasteiger partial charge in [-0.2, -0.15) is 0 Å². The third kappa shape index (κ3) is 4.43. The van der Waals surface area contributed by atoms with Gasteiger partial charge in [0, 0.05) is 5.56 Å². The molecule has 21 heavy (non-hydrogen) atoms. The Morgan fingerprint density at radius 2 is 1.90 bits per heavy atom. The Bertz CT molecular complexity index is 646. The Morgan fingerprint density at radius 3 is 2.62 bits per heavy atom. The summed E-state index contributed by atoms with van der Waals surface area (Å²) in [5.74, 6) is 1.06. The van der Waals surface area contributed by atoms with Crippen LogP contribution >= 0.6 is 12.2 Å². The average molecular weight is 305 g/mol. The molecule has 0 amide bonds. The van der Waals surface area contributed by atoms with Gasteiger partial charge in [0.15, 0.2) is 0 Å². The van der Waals surface area contributed by atoms with Gasteiger partial charge in [0.05, 0.1) is 0 Å². The smallest absolute Gasteiger partial charge is 0.123 e. The summed E-state index contributed by atoms with van der Waals surface area (Å²) in [6.07, 6.45) is 0. The first kappa shape index (κ1) is 15.3. The molecule has 2 aromatic carbocycles. The van der Waals surface area contributed by atoms with Crippen LogP contribution in [0.1, 0.15) is 11.1 Å². The number of benzene rings is 2. The van der Waals surface area contributed by atoms with Crippen LogP contribution in [-0.2, 0) is 0 Å². The minimum Gasteiger partial charge on any atom is -0.490 e. The first-order chi connectivity index (χ1) is 10.1. The van der Waals surface area contributed by atoms with Crippen LogP contribution in [0.2, 0.25) is 0 Å². The molecular weight excluding hydrogens is 289 g/mol. The van der Waals surface area contributed by atoms with E-state index in [4.69, 9.17) is 27.4 Å². The highest BCUT2D eigenvalue weighted by molar-refractivity contribution is 7.80. The zero-order valence-electron chi connectivity index (χ0n) is 11.6. The first-order valence-electron chi connectivity index (χ1n) is 6.48. The zero-order valence-corrected chi connectivity index (χ0v) is 12.5. The lowest BCUT2D eigenvalue weighted by Crippen LogP contribution is -2.11. The third-order valence-corrected chi connectivity index (χ3v) is 3.10. The second kappa shape index (κ2) is 7.04. The first-order valence-corrected chi connectivity index (χ1v) is 6.89. The van der Waals surface area contributed by atoms with E-state index >= 15 is 0 Å². The molecule has 0 spiro atoms. The Balaban J connectivity index is 1.84. The molecule has 0 aliphatic heterocycles. The molecule has 0 bridgehead atoms. The molecule has 0 heterocycles. The Morgan fingerprint density at radius 1 is 1.14 bits per heavy atom. The molecule has 0 fully saturated rings. The maximum Gasteiger partial charge on any atom is 0.123 e. The molecule has 0 saturated heterocycles. The number of thiocarbonyl (C=S) groups is 1. The van der Waals surface area contributed by atoms with Crippen molar-refractivity contribution in [1.29, 1.82) is 0 Å². The van der Waals surface area contributed by atoms with E-state index in [1.165, 1.54) is 12.1 Å². The van der Waals surface area contributed by atoms with E-state index < -0.39 is 0 Å². The van der Waals surface area contributed by atoms with Gasteiger partial charge in [-0.1, -0.05) is 24.4 Å². The van der Waals surface area contributed by atoms with Crippen molar-refractivity contribution in [3.8, 4) is 11.5 Å². The summed E-state index contributed by atoms with van der Waals surface area (Å²) < 4.78 is 24.1. The van der Waals surface area contributed by atoms with Crippen LogP contribution in [0.25, 0.3) is 0 Å². The van der Waals surface area contributed by atoms with Crippen molar-refractivity contribution in [2.45, 2.75) is 6.92 Å². The van der Waals surface area contributed by atoms with Gasteiger partial charge in [0.25, 0.3) is 0 Å². The minimum atomic E-state index is -0.273. The molecule has 110 valence electrons. The molecule has 0 unspecified atom stereocenters. The second-order valence-electron chi connectivity index (χ2n) is 4.50. The van der Waals surface area contributed by atoms with E-state index in [2.05, 4.69) is 0 Å².